The van der Waals surface area contributed by atoms with Crippen molar-refractivity contribution in [1.29, 1.82) is 0 Å². The fraction of sp³-hybridized carbons (Fsp3) is 0.0769. The molecule has 37 heavy (non-hydrogen) atoms. The average Bonchev–Trinajstić information content (AvgIpc) is 3.00. The third kappa shape index (κ3) is 4.75. The van der Waals surface area contributed by atoms with Crippen LogP contribution in [0, 0.1) is 5.82 Å². The van der Waals surface area contributed by atoms with Gasteiger partial charge in [-0.15, -0.1) is 0 Å². The Hall–Kier alpha value is -4.31. The highest BCUT2D eigenvalue weighted by Gasteiger charge is 2.35. The van der Waals surface area contributed by atoms with Gasteiger partial charge in [-0.2, -0.15) is 13.2 Å². The average molecular weight is 527 g/mol. The molecule has 1 aromatic heterocycles. The zero-order valence-corrected chi connectivity index (χ0v) is 19.4. The predicted octanol–water partition coefficient (Wildman–Crippen LogP) is 6.75. The Morgan fingerprint density at radius 1 is 1.00 bits per heavy atom. The molecule has 0 saturated heterocycles. The van der Waals surface area contributed by atoms with Gasteiger partial charge in [-0.25, -0.2) is 19.2 Å². The number of halogens is 5. The van der Waals surface area contributed by atoms with Crippen molar-refractivity contribution in [3.05, 3.63) is 106 Å². The van der Waals surface area contributed by atoms with Crippen molar-refractivity contribution in [3.63, 3.8) is 0 Å². The minimum Gasteiger partial charge on any atom is -0.478 e. The lowest BCUT2D eigenvalue weighted by molar-refractivity contribution is -0.138. The van der Waals surface area contributed by atoms with Crippen LogP contribution in [0.3, 0.4) is 0 Å². The minimum atomic E-state index is -4.88. The Morgan fingerprint density at radius 3 is 2.51 bits per heavy atom. The summed E-state index contributed by atoms with van der Waals surface area (Å²) in [6, 6.07) is 13.9. The number of anilines is 2. The number of rotatable bonds is 4. The third-order valence-electron chi connectivity index (χ3n) is 5.70. The number of hydrogen-bond acceptors (Lipinski definition) is 5. The van der Waals surface area contributed by atoms with Crippen LogP contribution in [0.15, 0.2) is 71.9 Å². The fourth-order valence-corrected chi connectivity index (χ4v) is 4.21. The van der Waals surface area contributed by atoms with E-state index in [4.69, 9.17) is 16.7 Å². The number of nitrogens with zero attached hydrogens (tertiary/aromatic N) is 3. The summed E-state index contributed by atoms with van der Waals surface area (Å²) in [5.74, 6) is -2.18. The number of carboxylic acids is 1. The monoisotopic (exact) mass is 526 g/mol. The highest BCUT2D eigenvalue weighted by atomic mass is 35.5. The van der Waals surface area contributed by atoms with Gasteiger partial charge in [-0.05, 0) is 42.5 Å². The minimum absolute atomic E-state index is 0.0230. The number of aromatic nitrogens is 2. The number of carboxylic acid groups (broad SMARTS) is 1. The van der Waals surface area contributed by atoms with Gasteiger partial charge in [0.05, 0.1) is 29.1 Å². The van der Waals surface area contributed by atoms with Gasteiger partial charge >= 0.3 is 12.1 Å². The van der Waals surface area contributed by atoms with Gasteiger partial charge in [0, 0.05) is 39.2 Å². The standard InChI is InChI=1S/C26H15ClF4N4O2/c27-14-5-7-16-19(9-14)23(18-3-1-2-4-21(18)28)32-11-13-12-33-25(35-22(13)16)34-15-6-8-17(24(36)37)20(10-15)26(29,30)31/h1-10,12H,11H2,(H,36,37)(H,33,34,35). The quantitative estimate of drug-likeness (QED) is 0.287. The van der Waals surface area contributed by atoms with E-state index >= 15 is 0 Å². The zero-order valence-electron chi connectivity index (χ0n) is 18.6. The normalized spacial score (nSPS) is 12.7. The molecule has 0 spiro atoms. The van der Waals surface area contributed by atoms with Crippen LogP contribution >= 0.6 is 11.6 Å². The molecule has 0 atom stereocenters. The maximum Gasteiger partial charge on any atom is 0.417 e. The summed E-state index contributed by atoms with van der Waals surface area (Å²) in [6.07, 6.45) is -3.40. The van der Waals surface area contributed by atoms with E-state index in [9.17, 15) is 22.4 Å². The summed E-state index contributed by atoms with van der Waals surface area (Å²) >= 11 is 6.25. The topological polar surface area (TPSA) is 87.5 Å². The van der Waals surface area contributed by atoms with Crippen LogP contribution in [0.2, 0.25) is 5.02 Å². The van der Waals surface area contributed by atoms with Crippen molar-refractivity contribution in [3.8, 4) is 11.3 Å². The number of nitrogens with one attached hydrogen (secondary N) is 1. The van der Waals surface area contributed by atoms with E-state index < -0.39 is 29.1 Å². The molecule has 11 heteroatoms. The molecule has 4 aromatic rings. The Labute approximate surface area is 212 Å². The number of aromatic carboxylic acids is 1. The Kier molecular flexibility index (Phi) is 6.12. The van der Waals surface area contributed by atoms with Crippen LogP contribution in [0.5, 0.6) is 0 Å². The van der Waals surface area contributed by atoms with Crippen molar-refractivity contribution < 1.29 is 27.5 Å². The molecule has 0 amide bonds. The summed E-state index contributed by atoms with van der Waals surface area (Å²) in [6.45, 7) is 0.122. The lowest BCUT2D eigenvalue weighted by Crippen LogP contribution is -2.13. The van der Waals surface area contributed by atoms with Crippen LogP contribution in [0.25, 0.3) is 11.3 Å². The van der Waals surface area contributed by atoms with E-state index in [1.807, 2.05) is 0 Å². The molecule has 0 unspecified atom stereocenters. The Morgan fingerprint density at radius 2 is 1.78 bits per heavy atom. The molecular weight excluding hydrogens is 512 g/mol. The number of fused-ring (bicyclic) bond motifs is 3. The number of benzene rings is 3. The fourth-order valence-electron chi connectivity index (χ4n) is 4.04. The largest absolute Gasteiger partial charge is 0.478 e. The van der Waals surface area contributed by atoms with E-state index in [-0.39, 0.29) is 23.7 Å². The number of hydrogen-bond donors (Lipinski definition) is 2. The molecular formula is C26H15ClF4N4O2. The van der Waals surface area contributed by atoms with Gasteiger partial charge in [0.2, 0.25) is 5.95 Å². The van der Waals surface area contributed by atoms with Crippen LogP contribution in [-0.4, -0.2) is 26.8 Å². The summed E-state index contributed by atoms with van der Waals surface area (Å²) in [5, 5.41) is 12.2. The molecule has 1 aliphatic rings. The molecule has 186 valence electrons. The second kappa shape index (κ2) is 9.29. The molecule has 0 saturated carbocycles. The van der Waals surface area contributed by atoms with Crippen molar-refractivity contribution in [2.45, 2.75) is 12.7 Å². The van der Waals surface area contributed by atoms with Crippen LogP contribution in [0.4, 0.5) is 29.2 Å². The van der Waals surface area contributed by atoms with E-state index in [1.54, 1.807) is 36.4 Å². The molecule has 0 radical (unpaired) electrons. The van der Waals surface area contributed by atoms with Gasteiger partial charge in [0.25, 0.3) is 0 Å². The molecule has 6 nitrogen and oxygen atoms in total. The summed E-state index contributed by atoms with van der Waals surface area (Å²) in [5.41, 5.74) is 0.603. The van der Waals surface area contributed by atoms with E-state index in [2.05, 4.69) is 20.3 Å². The first-order chi connectivity index (χ1) is 17.6. The molecule has 0 aliphatic carbocycles. The number of carbonyl (C=O) groups is 1. The number of alkyl halides is 3. The van der Waals surface area contributed by atoms with Crippen molar-refractivity contribution in [1.82, 2.24) is 9.97 Å². The maximum atomic E-state index is 14.7. The van der Waals surface area contributed by atoms with Crippen molar-refractivity contribution in [2.24, 2.45) is 4.99 Å². The number of aliphatic imine (C=N–C) groups is 1. The first-order valence-corrected chi connectivity index (χ1v) is 11.2. The van der Waals surface area contributed by atoms with E-state index in [0.717, 1.165) is 6.07 Å². The van der Waals surface area contributed by atoms with Crippen molar-refractivity contribution in [2.75, 3.05) is 5.32 Å². The Balaban J connectivity index is 1.58. The maximum absolute atomic E-state index is 14.7. The molecule has 0 bridgehead atoms. The van der Waals surface area contributed by atoms with E-state index in [1.165, 1.54) is 18.3 Å². The molecule has 0 fully saturated rings. The molecule has 2 heterocycles. The SMILES string of the molecule is O=C(O)c1ccc(Nc2ncc3c(n2)-c2ccc(Cl)cc2C(c2ccccc2F)=NC3)cc1C(F)(F)F. The summed E-state index contributed by atoms with van der Waals surface area (Å²) in [4.78, 5) is 24.5. The second-order valence-corrected chi connectivity index (χ2v) is 8.53. The first-order valence-electron chi connectivity index (χ1n) is 10.8. The molecule has 5 rings (SSSR count). The second-order valence-electron chi connectivity index (χ2n) is 8.09. The van der Waals surface area contributed by atoms with Gasteiger partial charge < -0.3 is 10.4 Å². The lowest BCUT2D eigenvalue weighted by Gasteiger charge is -2.14. The van der Waals surface area contributed by atoms with Crippen LogP contribution < -0.4 is 5.32 Å². The third-order valence-corrected chi connectivity index (χ3v) is 5.94. The highest BCUT2D eigenvalue weighted by molar-refractivity contribution is 6.31. The predicted molar refractivity (Wildman–Crippen MR) is 130 cm³/mol. The van der Waals surface area contributed by atoms with Crippen LogP contribution in [-0.2, 0) is 12.7 Å². The zero-order chi connectivity index (χ0) is 26.3. The van der Waals surface area contributed by atoms with Gasteiger partial charge in [0.1, 0.15) is 5.82 Å². The van der Waals surface area contributed by atoms with Crippen LogP contribution in [0.1, 0.15) is 32.6 Å². The van der Waals surface area contributed by atoms with Gasteiger partial charge in [-0.1, -0.05) is 29.8 Å². The van der Waals surface area contributed by atoms with Gasteiger partial charge in [-0.3, -0.25) is 4.99 Å². The molecule has 2 N–H and O–H groups in total. The van der Waals surface area contributed by atoms with Gasteiger partial charge in [0.15, 0.2) is 0 Å². The molecule has 3 aromatic carbocycles. The molecule has 1 aliphatic heterocycles. The summed E-state index contributed by atoms with van der Waals surface area (Å²) in [7, 11) is 0. The summed E-state index contributed by atoms with van der Waals surface area (Å²) < 4.78 is 54.9. The highest BCUT2D eigenvalue weighted by Crippen LogP contribution is 2.36. The smallest absolute Gasteiger partial charge is 0.417 e. The lowest BCUT2D eigenvalue weighted by atomic mass is 9.95. The van der Waals surface area contributed by atoms with E-state index in [0.29, 0.717) is 39.2 Å². The van der Waals surface area contributed by atoms with Crippen molar-refractivity contribution >= 4 is 34.9 Å². The Bertz CT molecular complexity index is 1590. The first kappa shape index (κ1) is 24.4.